The molecule has 29 heavy (non-hydrogen) atoms. The number of anilines is 1. The van der Waals surface area contributed by atoms with Crippen LogP contribution in [0.1, 0.15) is 31.4 Å². The number of fused-ring (bicyclic) bond motifs is 4. The molecule has 6 rings (SSSR count). The lowest BCUT2D eigenvalue weighted by Crippen LogP contribution is -2.43. The fourth-order valence-electron chi connectivity index (χ4n) is 4.72. The molecule has 0 spiro atoms. The number of hydrogen-bond acceptors (Lipinski definition) is 6. The zero-order valence-corrected chi connectivity index (χ0v) is 16.8. The molecule has 0 radical (unpaired) electrons. The largest absolute Gasteiger partial charge is 0.359 e. The number of aromatic nitrogens is 4. The minimum absolute atomic E-state index is 0.340. The van der Waals surface area contributed by atoms with E-state index in [9.17, 15) is 4.39 Å². The average molecular weight is 409 g/mol. The van der Waals surface area contributed by atoms with E-state index in [1.165, 1.54) is 18.9 Å². The van der Waals surface area contributed by atoms with E-state index in [0.717, 1.165) is 45.1 Å². The highest BCUT2D eigenvalue weighted by Crippen LogP contribution is 2.33. The van der Waals surface area contributed by atoms with Crippen LogP contribution >= 0.6 is 11.3 Å². The number of nitrogens with one attached hydrogen (secondary N) is 2. The molecule has 0 aliphatic carbocycles. The summed E-state index contributed by atoms with van der Waals surface area (Å²) in [7, 11) is 0. The van der Waals surface area contributed by atoms with Gasteiger partial charge >= 0.3 is 0 Å². The fraction of sp³-hybridized carbons (Fsp3) is 0.381. The van der Waals surface area contributed by atoms with Crippen molar-refractivity contribution in [3.8, 4) is 11.3 Å². The minimum atomic E-state index is -0.343. The maximum absolute atomic E-state index is 14.5. The van der Waals surface area contributed by atoms with Crippen molar-refractivity contribution in [1.29, 1.82) is 0 Å². The van der Waals surface area contributed by atoms with Crippen LogP contribution in [0.2, 0.25) is 0 Å². The van der Waals surface area contributed by atoms with Crippen molar-refractivity contribution in [3.05, 3.63) is 42.2 Å². The van der Waals surface area contributed by atoms with Crippen LogP contribution in [0.3, 0.4) is 0 Å². The molecule has 6 nitrogen and oxygen atoms in total. The molecule has 148 valence electrons. The molecule has 2 N–H and O–H groups in total. The first-order valence-corrected chi connectivity index (χ1v) is 10.9. The third-order valence-corrected chi connectivity index (χ3v) is 6.95. The molecule has 2 fully saturated rings. The molecule has 2 atom stereocenters. The zero-order chi connectivity index (χ0) is 19.5. The van der Waals surface area contributed by atoms with Crippen LogP contribution in [0.4, 0.5) is 9.52 Å². The molecule has 8 heteroatoms. The van der Waals surface area contributed by atoms with Crippen LogP contribution in [-0.4, -0.2) is 37.5 Å². The Balaban J connectivity index is 1.31. The number of piperidine rings is 1. The van der Waals surface area contributed by atoms with E-state index >= 15 is 0 Å². The Hall–Kier alpha value is -2.58. The molecule has 2 aliphatic heterocycles. The monoisotopic (exact) mass is 408 g/mol. The van der Waals surface area contributed by atoms with Crippen molar-refractivity contribution < 1.29 is 4.39 Å². The van der Waals surface area contributed by atoms with Gasteiger partial charge in [-0.3, -0.25) is 4.98 Å². The van der Waals surface area contributed by atoms with Crippen molar-refractivity contribution >= 4 is 32.3 Å². The first-order chi connectivity index (χ1) is 14.1. The van der Waals surface area contributed by atoms with Crippen LogP contribution in [0, 0.1) is 12.7 Å². The molecule has 0 aromatic carbocycles. The predicted molar refractivity (Wildman–Crippen MR) is 113 cm³/mol. The summed E-state index contributed by atoms with van der Waals surface area (Å²) >= 11 is 1.64. The first-order valence-electron chi connectivity index (χ1n) is 10.0. The number of rotatable bonds is 3. The van der Waals surface area contributed by atoms with Gasteiger partial charge in [0.05, 0.1) is 22.3 Å². The van der Waals surface area contributed by atoms with E-state index in [4.69, 9.17) is 4.98 Å². The van der Waals surface area contributed by atoms with E-state index in [-0.39, 0.29) is 5.82 Å². The van der Waals surface area contributed by atoms with Gasteiger partial charge in [-0.1, -0.05) is 11.3 Å². The smallest absolute Gasteiger partial charge is 0.184 e. The summed E-state index contributed by atoms with van der Waals surface area (Å²) in [4.78, 5) is 13.5. The maximum atomic E-state index is 14.5. The number of thiazole rings is 1. The van der Waals surface area contributed by atoms with E-state index in [2.05, 4.69) is 20.6 Å². The second-order valence-electron chi connectivity index (χ2n) is 8.20. The first kappa shape index (κ1) is 17.3. The standard InChI is InChI=1S/C21H21FN6S/c1-11-9-28-10-12(4-16(22)20(28)24-11)17-7-19-18(8-23-17)27-21(29-19)26-15-5-13-2-3-14(6-15)25-13/h4,7-10,13-15,25H,2-3,5-6H2,1H3,(H,26,27). The highest BCUT2D eigenvalue weighted by Gasteiger charge is 2.33. The van der Waals surface area contributed by atoms with Gasteiger partial charge in [0.2, 0.25) is 0 Å². The highest BCUT2D eigenvalue weighted by molar-refractivity contribution is 7.22. The Labute approximate surface area is 171 Å². The molecule has 0 saturated carbocycles. The lowest BCUT2D eigenvalue weighted by atomic mass is 10.0. The van der Waals surface area contributed by atoms with Crippen LogP contribution in [0.25, 0.3) is 27.1 Å². The number of halogens is 1. The summed E-state index contributed by atoms with van der Waals surface area (Å²) in [6.07, 6.45) is 10.3. The van der Waals surface area contributed by atoms with Gasteiger partial charge in [0.25, 0.3) is 0 Å². The van der Waals surface area contributed by atoms with Gasteiger partial charge in [-0.25, -0.2) is 14.4 Å². The fourth-order valence-corrected chi connectivity index (χ4v) is 5.67. The number of aryl methyl sites for hydroxylation is 1. The second-order valence-corrected chi connectivity index (χ2v) is 9.23. The number of imidazole rings is 1. The normalized spacial score (nSPS) is 23.9. The van der Waals surface area contributed by atoms with Crippen molar-refractivity contribution in [1.82, 2.24) is 24.7 Å². The molecular formula is C21H21FN6S. The topological polar surface area (TPSA) is 67.1 Å². The molecule has 2 aliphatic rings. The number of nitrogens with zero attached hydrogens (tertiary/aromatic N) is 4. The summed E-state index contributed by atoms with van der Waals surface area (Å²) in [6, 6.07) is 5.26. The van der Waals surface area contributed by atoms with Crippen LogP contribution in [0.5, 0.6) is 0 Å². The molecular weight excluding hydrogens is 387 g/mol. The van der Waals surface area contributed by atoms with E-state index in [1.807, 2.05) is 25.4 Å². The van der Waals surface area contributed by atoms with Gasteiger partial charge in [-0.05, 0) is 44.7 Å². The summed E-state index contributed by atoms with van der Waals surface area (Å²) in [5, 5.41) is 8.25. The molecule has 4 aromatic heterocycles. The highest BCUT2D eigenvalue weighted by atomic mass is 32.1. The van der Waals surface area contributed by atoms with Crippen molar-refractivity contribution in [2.75, 3.05) is 5.32 Å². The predicted octanol–water partition coefficient (Wildman–Crippen LogP) is 4.15. The molecule has 2 bridgehead atoms. The van der Waals surface area contributed by atoms with Gasteiger partial charge in [0.15, 0.2) is 16.6 Å². The molecule has 6 heterocycles. The van der Waals surface area contributed by atoms with Crippen LogP contribution in [0.15, 0.2) is 30.7 Å². The van der Waals surface area contributed by atoms with Gasteiger partial charge in [-0.15, -0.1) is 0 Å². The van der Waals surface area contributed by atoms with Crippen molar-refractivity contribution in [2.45, 2.75) is 50.7 Å². The third-order valence-electron chi connectivity index (χ3n) is 6.00. The Morgan fingerprint density at radius 2 is 2.00 bits per heavy atom. The average Bonchev–Trinajstić information content (AvgIpc) is 3.36. The minimum Gasteiger partial charge on any atom is -0.359 e. The third kappa shape index (κ3) is 3.07. The van der Waals surface area contributed by atoms with E-state index in [1.54, 1.807) is 21.9 Å². The Bertz CT molecular complexity index is 1220. The second kappa shape index (κ2) is 6.47. The van der Waals surface area contributed by atoms with Gasteiger partial charge in [0.1, 0.15) is 5.52 Å². The number of pyridine rings is 2. The van der Waals surface area contributed by atoms with Crippen molar-refractivity contribution in [3.63, 3.8) is 0 Å². The summed E-state index contributed by atoms with van der Waals surface area (Å²) < 4.78 is 17.2. The van der Waals surface area contributed by atoms with E-state index < -0.39 is 0 Å². The zero-order valence-electron chi connectivity index (χ0n) is 16.0. The molecule has 0 amide bonds. The van der Waals surface area contributed by atoms with Gasteiger partial charge in [-0.2, -0.15) is 0 Å². The molecule has 2 saturated heterocycles. The SMILES string of the molecule is Cc1cn2cc(-c3cc4sc(NC5CC6CCC(C5)N6)nc4cn3)cc(F)c2n1. The van der Waals surface area contributed by atoms with Gasteiger partial charge in [0, 0.05) is 36.1 Å². The maximum Gasteiger partial charge on any atom is 0.184 e. The van der Waals surface area contributed by atoms with Crippen LogP contribution < -0.4 is 10.6 Å². The van der Waals surface area contributed by atoms with E-state index in [0.29, 0.717) is 23.8 Å². The van der Waals surface area contributed by atoms with Gasteiger partial charge < -0.3 is 15.0 Å². The Morgan fingerprint density at radius 1 is 1.17 bits per heavy atom. The van der Waals surface area contributed by atoms with Crippen LogP contribution in [-0.2, 0) is 0 Å². The Morgan fingerprint density at radius 3 is 2.83 bits per heavy atom. The lowest BCUT2D eigenvalue weighted by molar-refractivity contribution is 0.378. The van der Waals surface area contributed by atoms with Crippen molar-refractivity contribution in [2.24, 2.45) is 0 Å². The quantitative estimate of drug-likeness (QED) is 0.533. The summed E-state index contributed by atoms with van der Waals surface area (Å²) in [5.74, 6) is -0.343. The summed E-state index contributed by atoms with van der Waals surface area (Å²) in [6.45, 7) is 1.86. The molecule has 2 unspecified atom stereocenters. The Kier molecular flexibility index (Phi) is 3.86. The lowest BCUT2D eigenvalue weighted by Gasteiger charge is -2.29. The molecule has 4 aromatic rings. The number of hydrogen-bond donors (Lipinski definition) is 2. The summed E-state index contributed by atoms with van der Waals surface area (Å²) in [5.41, 5.74) is 3.46.